The van der Waals surface area contributed by atoms with E-state index in [0.717, 1.165) is 17.7 Å². The molecule has 4 nitrogen and oxygen atoms in total. The Kier molecular flexibility index (Phi) is 4.22. The summed E-state index contributed by atoms with van der Waals surface area (Å²) in [6, 6.07) is 12.1. The highest BCUT2D eigenvalue weighted by Gasteiger charge is 2.31. The Hall–Kier alpha value is -3.08. The van der Waals surface area contributed by atoms with Crippen molar-refractivity contribution in [2.24, 2.45) is 5.41 Å². The molecule has 1 N–H and O–H groups in total. The molecule has 2 heterocycles. The van der Waals surface area contributed by atoms with Gasteiger partial charge in [0.05, 0.1) is 5.69 Å². The van der Waals surface area contributed by atoms with Crippen LogP contribution >= 0.6 is 0 Å². The molecular weight excluding hydrogens is 341 g/mol. The number of anilines is 2. The number of nitrogens with one attached hydrogen (secondary N) is 1. The van der Waals surface area contributed by atoms with Crippen LogP contribution in [0, 0.1) is 11.2 Å². The molecule has 0 bridgehead atoms. The molecule has 1 aliphatic rings. The highest BCUT2D eigenvalue weighted by molar-refractivity contribution is 5.98. The molecule has 5 heteroatoms. The molecule has 3 aromatic rings. The average molecular weight is 361 g/mol. The molecule has 27 heavy (non-hydrogen) atoms. The second kappa shape index (κ2) is 6.58. The van der Waals surface area contributed by atoms with Crippen molar-refractivity contribution in [1.82, 2.24) is 9.97 Å². The van der Waals surface area contributed by atoms with Crippen LogP contribution in [-0.2, 0) is 6.42 Å². The number of pyridine rings is 2. The lowest BCUT2D eigenvalue weighted by Crippen LogP contribution is -2.27. The summed E-state index contributed by atoms with van der Waals surface area (Å²) < 4.78 is 14.5. The summed E-state index contributed by atoms with van der Waals surface area (Å²) >= 11 is 0. The Labute approximate surface area is 157 Å². The summed E-state index contributed by atoms with van der Waals surface area (Å²) in [7, 11) is 0. The van der Waals surface area contributed by atoms with Gasteiger partial charge in [-0.3, -0.25) is 9.78 Å². The SMILES string of the molecule is CC1(C)CC(=O)c2ccc(Nc3ccc(-c4cccnc4)c(F)c3)nc2C1. The normalized spacial score (nSPS) is 15.3. The first-order chi connectivity index (χ1) is 12.9. The third kappa shape index (κ3) is 3.58. The van der Waals surface area contributed by atoms with Gasteiger partial charge in [0, 0.05) is 41.2 Å². The molecule has 0 amide bonds. The molecule has 2 aromatic heterocycles. The zero-order valence-corrected chi connectivity index (χ0v) is 15.3. The molecule has 136 valence electrons. The highest BCUT2D eigenvalue weighted by Crippen LogP contribution is 2.34. The van der Waals surface area contributed by atoms with E-state index in [0.29, 0.717) is 29.1 Å². The zero-order chi connectivity index (χ0) is 19.0. The van der Waals surface area contributed by atoms with E-state index in [4.69, 9.17) is 0 Å². The monoisotopic (exact) mass is 361 g/mol. The van der Waals surface area contributed by atoms with E-state index in [1.807, 2.05) is 18.2 Å². The van der Waals surface area contributed by atoms with E-state index in [1.54, 1.807) is 30.6 Å². The lowest BCUT2D eigenvalue weighted by molar-refractivity contribution is 0.0910. The van der Waals surface area contributed by atoms with Gasteiger partial charge >= 0.3 is 0 Å². The first-order valence-electron chi connectivity index (χ1n) is 8.91. The van der Waals surface area contributed by atoms with Crippen molar-refractivity contribution in [2.45, 2.75) is 26.7 Å². The minimum Gasteiger partial charge on any atom is -0.340 e. The van der Waals surface area contributed by atoms with Gasteiger partial charge in [-0.1, -0.05) is 19.9 Å². The van der Waals surface area contributed by atoms with Gasteiger partial charge in [0.25, 0.3) is 0 Å². The molecule has 0 radical (unpaired) electrons. The molecule has 1 aliphatic carbocycles. The summed E-state index contributed by atoms with van der Waals surface area (Å²) in [4.78, 5) is 20.9. The number of nitrogens with zero attached hydrogens (tertiary/aromatic N) is 2. The van der Waals surface area contributed by atoms with Crippen molar-refractivity contribution >= 4 is 17.3 Å². The van der Waals surface area contributed by atoms with Gasteiger partial charge < -0.3 is 5.32 Å². The first kappa shape index (κ1) is 17.3. The van der Waals surface area contributed by atoms with Crippen LogP contribution in [-0.4, -0.2) is 15.8 Å². The van der Waals surface area contributed by atoms with Crippen LogP contribution in [0.4, 0.5) is 15.9 Å². The molecule has 0 atom stereocenters. The fraction of sp³-hybridized carbons (Fsp3) is 0.227. The Morgan fingerprint density at radius 1 is 1.07 bits per heavy atom. The van der Waals surface area contributed by atoms with Crippen molar-refractivity contribution in [1.29, 1.82) is 0 Å². The number of carbonyl (C=O) groups is 1. The molecule has 0 saturated heterocycles. The topological polar surface area (TPSA) is 54.9 Å². The Balaban J connectivity index is 1.60. The van der Waals surface area contributed by atoms with Crippen LogP contribution in [0.25, 0.3) is 11.1 Å². The Morgan fingerprint density at radius 3 is 2.63 bits per heavy atom. The average Bonchev–Trinajstić information content (AvgIpc) is 2.61. The Bertz CT molecular complexity index is 1020. The highest BCUT2D eigenvalue weighted by atomic mass is 19.1. The van der Waals surface area contributed by atoms with Crippen LogP contribution in [0.15, 0.2) is 54.9 Å². The van der Waals surface area contributed by atoms with Crippen LogP contribution in [0.3, 0.4) is 0 Å². The number of fused-ring (bicyclic) bond motifs is 1. The smallest absolute Gasteiger partial charge is 0.165 e. The fourth-order valence-corrected chi connectivity index (χ4v) is 3.50. The summed E-state index contributed by atoms with van der Waals surface area (Å²) in [5, 5.41) is 3.14. The van der Waals surface area contributed by atoms with Crippen molar-refractivity contribution in [2.75, 3.05) is 5.32 Å². The summed E-state index contributed by atoms with van der Waals surface area (Å²) in [5.41, 5.74) is 3.24. The number of Topliss-reactive ketones (excluding diaryl/α,β-unsaturated/α-hetero) is 1. The number of benzene rings is 1. The molecular formula is C22H20FN3O. The third-order valence-corrected chi connectivity index (χ3v) is 4.77. The zero-order valence-electron chi connectivity index (χ0n) is 15.3. The quantitative estimate of drug-likeness (QED) is 0.698. The number of aromatic nitrogens is 2. The maximum absolute atomic E-state index is 14.5. The van der Waals surface area contributed by atoms with E-state index in [2.05, 4.69) is 29.1 Å². The van der Waals surface area contributed by atoms with Gasteiger partial charge in [-0.05, 0) is 48.2 Å². The number of hydrogen-bond acceptors (Lipinski definition) is 4. The largest absolute Gasteiger partial charge is 0.340 e. The van der Waals surface area contributed by atoms with Crippen LogP contribution in [0.1, 0.15) is 36.3 Å². The van der Waals surface area contributed by atoms with Gasteiger partial charge in [0.15, 0.2) is 5.78 Å². The standard InChI is InChI=1S/C22H20FN3O/c1-22(2)11-19-17(20(27)12-22)7-8-21(26-19)25-15-5-6-16(18(23)10-15)14-4-3-9-24-13-14/h3-10,13H,11-12H2,1-2H3,(H,25,26). The first-order valence-corrected chi connectivity index (χ1v) is 8.91. The summed E-state index contributed by atoms with van der Waals surface area (Å²) in [5.74, 6) is 0.405. The number of carbonyl (C=O) groups excluding carboxylic acids is 1. The maximum Gasteiger partial charge on any atom is 0.165 e. The van der Waals surface area contributed by atoms with Gasteiger partial charge in [-0.15, -0.1) is 0 Å². The minimum atomic E-state index is -0.331. The van der Waals surface area contributed by atoms with Crippen molar-refractivity contribution < 1.29 is 9.18 Å². The van der Waals surface area contributed by atoms with Crippen LogP contribution in [0.5, 0.6) is 0 Å². The number of halogens is 1. The van der Waals surface area contributed by atoms with E-state index >= 15 is 0 Å². The molecule has 1 aromatic carbocycles. The van der Waals surface area contributed by atoms with Gasteiger partial charge in [0.1, 0.15) is 11.6 Å². The summed E-state index contributed by atoms with van der Waals surface area (Å²) in [6.07, 6.45) is 4.58. The van der Waals surface area contributed by atoms with Gasteiger partial charge in [-0.25, -0.2) is 9.37 Å². The minimum absolute atomic E-state index is 0.0901. The van der Waals surface area contributed by atoms with E-state index in [9.17, 15) is 9.18 Å². The molecule has 0 spiro atoms. The van der Waals surface area contributed by atoms with E-state index in [1.165, 1.54) is 6.07 Å². The molecule has 0 aliphatic heterocycles. The number of hydrogen-bond donors (Lipinski definition) is 1. The Morgan fingerprint density at radius 2 is 1.89 bits per heavy atom. The maximum atomic E-state index is 14.5. The number of rotatable bonds is 3. The van der Waals surface area contributed by atoms with Crippen molar-refractivity contribution in [3.05, 3.63) is 71.9 Å². The van der Waals surface area contributed by atoms with Gasteiger partial charge in [0.2, 0.25) is 0 Å². The third-order valence-electron chi connectivity index (χ3n) is 4.77. The number of ketones is 1. The van der Waals surface area contributed by atoms with Crippen molar-refractivity contribution in [3.8, 4) is 11.1 Å². The molecule has 0 fully saturated rings. The molecule has 0 unspecified atom stereocenters. The second-order valence-electron chi connectivity index (χ2n) is 7.69. The predicted octanol–water partition coefficient (Wildman–Crippen LogP) is 5.18. The van der Waals surface area contributed by atoms with E-state index < -0.39 is 0 Å². The van der Waals surface area contributed by atoms with Crippen LogP contribution in [0.2, 0.25) is 0 Å². The van der Waals surface area contributed by atoms with Crippen molar-refractivity contribution in [3.63, 3.8) is 0 Å². The van der Waals surface area contributed by atoms with Gasteiger partial charge in [-0.2, -0.15) is 0 Å². The lowest BCUT2D eigenvalue weighted by atomic mass is 9.76. The summed E-state index contributed by atoms with van der Waals surface area (Å²) in [6.45, 7) is 4.14. The second-order valence-corrected chi connectivity index (χ2v) is 7.69. The fourth-order valence-electron chi connectivity index (χ4n) is 3.50. The molecule has 4 rings (SSSR count). The predicted molar refractivity (Wildman–Crippen MR) is 104 cm³/mol. The van der Waals surface area contributed by atoms with Crippen LogP contribution < -0.4 is 5.32 Å². The lowest BCUT2D eigenvalue weighted by Gasteiger charge is -2.29. The van der Waals surface area contributed by atoms with E-state index in [-0.39, 0.29) is 17.0 Å². The molecule has 0 saturated carbocycles.